The maximum absolute atomic E-state index is 10.4. The van der Waals surface area contributed by atoms with Crippen LogP contribution in [0.3, 0.4) is 0 Å². The highest BCUT2D eigenvalue weighted by Crippen LogP contribution is 2.11. The van der Waals surface area contributed by atoms with Crippen molar-refractivity contribution >= 4 is 12.0 Å². The number of hydrogen-bond donors (Lipinski definition) is 1. The predicted molar refractivity (Wildman–Crippen MR) is 71.7 cm³/mol. The maximum Gasteiger partial charge on any atom is 0.328 e. The molecule has 1 heterocycles. The van der Waals surface area contributed by atoms with E-state index >= 15 is 0 Å². The van der Waals surface area contributed by atoms with Gasteiger partial charge < -0.3 is 9.84 Å². The molecule has 0 unspecified atom stereocenters. The third-order valence-corrected chi connectivity index (χ3v) is 2.41. The number of aliphatic carboxylic acids is 1. The number of benzene rings is 1. The number of carboxylic acids is 1. The summed E-state index contributed by atoms with van der Waals surface area (Å²) in [5.74, 6) is -0.472. The second-order valence-electron chi connectivity index (χ2n) is 3.88. The topological polar surface area (TPSA) is 59.4 Å². The van der Waals surface area contributed by atoms with Crippen molar-refractivity contribution in [2.45, 2.75) is 6.61 Å². The fourth-order valence-electron chi connectivity index (χ4n) is 1.47. The Labute approximate surface area is 111 Å². The fraction of sp³-hybridized carbons (Fsp3) is 0.0667. The molecular weight excluding hydrogens is 242 g/mol. The van der Waals surface area contributed by atoms with Gasteiger partial charge in [-0.25, -0.2) is 9.78 Å². The van der Waals surface area contributed by atoms with Crippen LogP contribution in [0.5, 0.6) is 5.88 Å². The summed E-state index contributed by atoms with van der Waals surface area (Å²) in [7, 11) is 0. The zero-order valence-corrected chi connectivity index (χ0v) is 10.2. The van der Waals surface area contributed by atoms with Crippen LogP contribution in [-0.2, 0) is 11.4 Å². The smallest absolute Gasteiger partial charge is 0.328 e. The van der Waals surface area contributed by atoms with Crippen molar-refractivity contribution in [3.63, 3.8) is 0 Å². The predicted octanol–water partition coefficient (Wildman–Crippen LogP) is 2.76. The Morgan fingerprint density at radius 2 is 2.00 bits per heavy atom. The number of nitrogens with zero attached hydrogens (tertiary/aromatic N) is 1. The molecular formula is C15H13NO3. The summed E-state index contributed by atoms with van der Waals surface area (Å²) in [4.78, 5) is 14.5. The Bertz CT molecular complexity index is 562. The molecule has 0 radical (unpaired) electrons. The van der Waals surface area contributed by atoms with Crippen LogP contribution in [0.2, 0.25) is 0 Å². The Morgan fingerprint density at radius 3 is 2.63 bits per heavy atom. The minimum absolute atomic E-state index is 0.456. The van der Waals surface area contributed by atoms with Gasteiger partial charge in [0.25, 0.3) is 0 Å². The number of pyridine rings is 1. The first-order valence-electron chi connectivity index (χ1n) is 5.78. The van der Waals surface area contributed by atoms with Crippen LogP contribution in [0.15, 0.2) is 54.7 Å². The molecule has 19 heavy (non-hydrogen) atoms. The minimum atomic E-state index is -0.982. The van der Waals surface area contributed by atoms with Crippen molar-refractivity contribution in [3.05, 3.63) is 65.9 Å². The Morgan fingerprint density at radius 1 is 1.21 bits per heavy atom. The number of ether oxygens (including phenoxy) is 1. The molecule has 1 aromatic heterocycles. The number of carbonyl (C=O) groups is 1. The van der Waals surface area contributed by atoms with E-state index in [1.807, 2.05) is 30.3 Å². The molecule has 1 aromatic carbocycles. The number of rotatable bonds is 5. The summed E-state index contributed by atoms with van der Waals surface area (Å²) in [6, 6.07) is 13.3. The van der Waals surface area contributed by atoms with Crippen molar-refractivity contribution in [2.24, 2.45) is 0 Å². The van der Waals surface area contributed by atoms with Gasteiger partial charge in [-0.1, -0.05) is 30.3 Å². The first kappa shape index (κ1) is 12.8. The molecule has 4 heteroatoms. The first-order chi connectivity index (χ1) is 9.24. The van der Waals surface area contributed by atoms with Crippen LogP contribution < -0.4 is 4.74 Å². The third-order valence-electron chi connectivity index (χ3n) is 2.41. The normalized spacial score (nSPS) is 10.5. The van der Waals surface area contributed by atoms with Crippen molar-refractivity contribution < 1.29 is 14.6 Å². The summed E-state index contributed by atoms with van der Waals surface area (Å²) in [6.07, 6.45) is 4.12. The molecule has 0 aliphatic carbocycles. The molecule has 2 rings (SSSR count). The van der Waals surface area contributed by atoms with E-state index in [4.69, 9.17) is 9.84 Å². The van der Waals surface area contributed by atoms with Crippen molar-refractivity contribution in [1.82, 2.24) is 4.98 Å². The van der Waals surface area contributed by atoms with Gasteiger partial charge in [0.15, 0.2) is 0 Å². The molecule has 0 atom stereocenters. The van der Waals surface area contributed by atoms with E-state index in [2.05, 4.69) is 4.98 Å². The quantitative estimate of drug-likeness (QED) is 0.834. The highest BCUT2D eigenvalue weighted by molar-refractivity contribution is 5.85. The van der Waals surface area contributed by atoms with Gasteiger partial charge in [0, 0.05) is 18.3 Å². The molecule has 96 valence electrons. The molecule has 0 bridgehead atoms. The third kappa shape index (κ3) is 4.27. The van der Waals surface area contributed by atoms with Gasteiger partial charge in [0.1, 0.15) is 6.61 Å². The van der Waals surface area contributed by atoms with Crippen LogP contribution in [0, 0.1) is 0 Å². The number of carboxylic acid groups (broad SMARTS) is 1. The Hall–Kier alpha value is -2.62. The van der Waals surface area contributed by atoms with Crippen LogP contribution in [0.1, 0.15) is 11.1 Å². The second-order valence-corrected chi connectivity index (χ2v) is 3.88. The first-order valence-corrected chi connectivity index (χ1v) is 5.78. The molecule has 1 N–H and O–H groups in total. The SMILES string of the molecule is O=C(O)C=Cc1ccc(OCc2ccccc2)nc1. The molecule has 0 spiro atoms. The van der Waals surface area contributed by atoms with Crippen LogP contribution in [0.25, 0.3) is 6.08 Å². The average molecular weight is 255 g/mol. The van der Waals surface area contributed by atoms with E-state index in [1.165, 1.54) is 6.08 Å². The van der Waals surface area contributed by atoms with Gasteiger partial charge in [-0.05, 0) is 23.3 Å². The standard InChI is InChI=1S/C15H13NO3/c17-15(18)9-7-12-6-8-14(16-10-12)19-11-13-4-2-1-3-5-13/h1-10H,11H2,(H,17,18). The lowest BCUT2D eigenvalue weighted by Crippen LogP contribution is -1.96. The molecule has 2 aromatic rings. The lowest BCUT2D eigenvalue weighted by Gasteiger charge is -2.05. The molecule has 0 amide bonds. The van der Waals surface area contributed by atoms with Crippen LogP contribution in [0.4, 0.5) is 0 Å². The Balaban J connectivity index is 1.94. The van der Waals surface area contributed by atoms with E-state index in [1.54, 1.807) is 18.3 Å². The molecule has 4 nitrogen and oxygen atoms in total. The van der Waals surface area contributed by atoms with Gasteiger partial charge in [-0.15, -0.1) is 0 Å². The van der Waals surface area contributed by atoms with E-state index in [-0.39, 0.29) is 0 Å². The van der Waals surface area contributed by atoms with E-state index < -0.39 is 5.97 Å². The van der Waals surface area contributed by atoms with Crippen LogP contribution in [-0.4, -0.2) is 16.1 Å². The summed E-state index contributed by atoms with van der Waals surface area (Å²) in [6.45, 7) is 0.456. The largest absolute Gasteiger partial charge is 0.478 e. The molecule has 0 saturated carbocycles. The average Bonchev–Trinajstić information content (AvgIpc) is 2.45. The molecule has 0 fully saturated rings. The summed E-state index contributed by atoms with van der Waals surface area (Å²) >= 11 is 0. The van der Waals surface area contributed by atoms with Gasteiger partial charge in [-0.2, -0.15) is 0 Å². The lowest BCUT2D eigenvalue weighted by atomic mass is 10.2. The molecule has 0 aliphatic heterocycles. The zero-order valence-electron chi connectivity index (χ0n) is 10.2. The van der Waals surface area contributed by atoms with E-state index in [0.717, 1.165) is 17.2 Å². The van der Waals surface area contributed by atoms with Gasteiger partial charge in [0.2, 0.25) is 5.88 Å². The monoisotopic (exact) mass is 255 g/mol. The highest BCUT2D eigenvalue weighted by Gasteiger charge is 1.97. The van der Waals surface area contributed by atoms with E-state index in [9.17, 15) is 4.79 Å². The van der Waals surface area contributed by atoms with Crippen LogP contribution >= 0.6 is 0 Å². The number of hydrogen-bond acceptors (Lipinski definition) is 3. The minimum Gasteiger partial charge on any atom is -0.478 e. The lowest BCUT2D eigenvalue weighted by molar-refractivity contribution is -0.131. The summed E-state index contributed by atoms with van der Waals surface area (Å²) in [5.41, 5.74) is 1.79. The van der Waals surface area contributed by atoms with Crippen molar-refractivity contribution in [2.75, 3.05) is 0 Å². The molecule has 0 aliphatic rings. The maximum atomic E-state index is 10.4. The van der Waals surface area contributed by atoms with Crippen molar-refractivity contribution in [1.29, 1.82) is 0 Å². The molecule has 0 saturated heterocycles. The number of aromatic nitrogens is 1. The van der Waals surface area contributed by atoms with E-state index in [0.29, 0.717) is 12.5 Å². The van der Waals surface area contributed by atoms with Gasteiger partial charge in [0.05, 0.1) is 0 Å². The zero-order chi connectivity index (χ0) is 13.5. The van der Waals surface area contributed by atoms with Gasteiger partial charge >= 0.3 is 5.97 Å². The van der Waals surface area contributed by atoms with Crippen molar-refractivity contribution in [3.8, 4) is 5.88 Å². The van der Waals surface area contributed by atoms with Gasteiger partial charge in [-0.3, -0.25) is 0 Å². The summed E-state index contributed by atoms with van der Waals surface area (Å²) in [5, 5.41) is 8.51. The highest BCUT2D eigenvalue weighted by atomic mass is 16.5. The second kappa shape index (κ2) is 6.35. The fourth-order valence-corrected chi connectivity index (χ4v) is 1.47. The Kier molecular flexibility index (Phi) is 4.29. The summed E-state index contributed by atoms with van der Waals surface area (Å²) < 4.78 is 5.52.